The number of primary amides is 2. The summed E-state index contributed by atoms with van der Waals surface area (Å²) in [6.45, 7) is 3.44. The molecule has 0 spiro atoms. The highest BCUT2D eigenvalue weighted by Gasteiger charge is 2.39. The number of carbonyl (C=O) groups is 3. The molecule has 0 heterocycles. The van der Waals surface area contributed by atoms with Crippen LogP contribution in [0, 0.1) is 5.41 Å². The molecule has 0 aromatic heterocycles. The van der Waals surface area contributed by atoms with E-state index in [1.54, 1.807) is 0 Å². The summed E-state index contributed by atoms with van der Waals surface area (Å²) in [6, 6.07) is 0. The lowest BCUT2D eigenvalue weighted by Gasteiger charge is -2.35. The SMILES string of the molecule is CCCC(CN)(CCC)C(=O)N(CC(N)=O)CC(N)=O. The van der Waals surface area contributed by atoms with Crippen LogP contribution < -0.4 is 17.2 Å². The maximum atomic E-state index is 12.7. The molecule has 7 nitrogen and oxygen atoms in total. The number of nitrogens with zero attached hydrogens (tertiary/aromatic N) is 1. The van der Waals surface area contributed by atoms with Crippen LogP contribution in [0.3, 0.4) is 0 Å². The molecule has 0 aromatic carbocycles. The fraction of sp³-hybridized carbons (Fsp3) is 0.769. The van der Waals surface area contributed by atoms with Crippen molar-refractivity contribution in [3.8, 4) is 0 Å². The Balaban J connectivity index is 5.30. The Morgan fingerprint density at radius 3 is 1.60 bits per heavy atom. The second-order valence-corrected chi connectivity index (χ2v) is 5.08. The molecule has 0 rings (SSSR count). The Labute approximate surface area is 119 Å². The van der Waals surface area contributed by atoms with Gasteiger partial charge in [0, 0.05) is 6.54 Å². The van der Waals surface area contributed by atoms with Crippen LogP contribution in [0.15, 0.2) is 0 Å². The standard InChI is InChI=1S/C13H26N4O3/c1-3-5-13(9-14,6-4-2)12(20)17(7-10(15)18)8-11(16)19/h3-9,14H2,1-2H3,(H2,15,18)(H2,16,19). The van der Waals surface area contributed by atoms with E-state index in [2.05, 4.69) is 0 Å². The molecule has 0 saturated carbocycles. The van der Waals surface area contributed by atoms with Gasteiger partial charge in [0.1, 0.15) is 0 Å². The molecule has 0 atom stereocenters. The summed E-state index contributed by atoms with van der Waals surface area (Å²) in [5, 5.41) is 0. The van der Waals surface area contributed by atoms with Gasteiger partial charge in [0.05, 0.1) is 18.5 Å². The molecule has 20 heavy (non-hydrogen) atoms. The van der Waals surface area contributed by atoms with Gasteiger partial charge in [0.15, 0.2) is 0 Å². The van der Waals surface area contributed by atoms with E-state index in [4.69, 9.17) is 17.2 Å². The van der Waals surface area contributed by atoms with Gasteiger partial charge >= 0.3 is 0 Å². The fourth-order valence-electron chi connectivity index (χ4n) is 2.50. The Hall–Kier alpha value is -1.63. The fourth-order valence-corrected chi connectivity index (χ4v) is 2.50. The summed E-state index contributed by atoms with van der Waals surface area (Å²) in [7, 11) is 0. The third-order valence-electron chi connectivity index (χ3n) is 3.28. The normalized spacial score (nSPS) is 11.2. The Morgan fingerprint density at radius 1 is 0.950 bits per heavy atom. The van der Waals surface area contributed by atoms with Crippen molar-refractivity contribution in [3.63, 3.8) is 0 Å². The van der Waals surface area contributed by atoms with Gasteiger partial charge < -0.3 is 22.1 Å². The van der Waals surface area contributed by atoms with Gasteiger partial charge in [-0.05, 0) is 12.8 Å². The molecule has 0 fully saturated rings. The molecule has 0 aliphatic rings. The van der Waals surface area contributed by atoms with Crippen LogP contribution in [0.4, 0.5) is 0 Å². The molecular formula is C13H26N4O3. The predicted molar refractivity (Wildman–Crippen MR) is 76.3 cm³/mol. The highest BCUT2D eigenvalue weighted by molar-refractivity contribution is 5.91. The van der Waals surface area contributed by atoms with E-state index in [9.17, 15) is 14.4 Å². The van der Waals surface area contributed by atoms with Crippen molar-refractivity contribution < 1.29 is 14.4 Å². The molecule has 0 aliphatic heterocycles. The molecule has 0 aromatic rings. The van der Waals surface area contributed by atoms with E-state index in [0.717, 1.165) is 17.7 Å². The lowest BCUT2D eigenvalue weighted by Crippen LogP contribution is -2.52. The van der Waals surface area contributed by atoms with Gasteiger partial charge in [-0.1, -0.05) is 26.7 Å². The number of carbonyl (C=O) groups excluding carboxylic acids is 3. The van der Waals surface area contributed by atoms with Crippen molar-refractivity contribution in [1.82, 2.24) is 4.90 Å². The molecular weight excluding hydrogens is 260 g/mol. The third-order valence-corrected chi connectivity index (χ3v) is 3.28. The molecule has 116 valence electrons. The quantitative estimate of drug-likeness (QED) is 0.491. The first-order valence-electron chi connectivity index (χ1n) is 6.89. The second kappa shape index (κ2) is 8.52. The molecule has 0 bridgehead atoms. The van der Waals surface area contributed by atoms with Crippen LogP contribution in [0.25, 0.3) is 0 Å². The minimum Gasteiger partial charge on any atom is -0.368 e. The summed E-state index contributed by atoms with van der Waals surface area (Å²) in [5.41, 5.74) is 15.3. The van der Waals surface area contributed by atoms with Crippen LogP contribution in [-0.2, 0) is 14.4 Å². The van der Waals surface area contributed by atoms with Crippen LogP contribution >= 0.6 is 0 Å². The van der Waals surface area contributed by atoms with Gasteiger partial charge in [-0.2, -0.15) is 0 Å². The van der Waals surface area contributed by atoms with E-state index in [1.165, 1.54) is 0 Å². The molecule has 0 unspecified atom stereocenters. The summed E-state index contributed by atoms with van der Waals surface area (Å²) in [4.78, 5) is 35.9. The second-order valence-electron chi connectivity index (χ2n) is 5.08. The average Bonchev–Trinajstić information content (AvgIpc) is 2.35. The molecule has 0 radical (unpaired) electrons. The van der Waals surface area contributed by atoms with E-state index in [-0.39, 0.29) is 25.5 Å². The molecule has 0 aliphatic carbocycles. The Bertz CT molecular complexity index is 336. The Morgan fingerprint density at radius 2 is 1.35 bits per heavy atom. The summed E-state index contributed by atoms with van der Waals surface area (Å²) >= 11 is 0. The van der Waals surface area contributed by atoms with Crippen molar-refractivity contribution >= 4 is 17.7 Å². The van der Waals surface area contributed by atoms with E-state index in [0.29, 0.717) is 12.8 Å². The van der Waals surface area contributed by atoms with Crippen LogP contribution in [0.2, 0.25) is 0 Å². The number of amides is 3. The van der Waals surface area contributed by atoms with Crippen molar-refractivity contribution in [2.75, 3.05) is 19.6 Å². The maximum absolute atomic E-state index is 12.7. The largest absolute Gasteiger partial charge is 0.368 e. The van der Waals surface area contributed by atoms with Gasteiger partial charge in [0.25, 0.3) is 0 Å². The zero-order valence-corrected chi connectivity index (χ0v) is 12.4. The lowest BCUT2D eigenvalue weighted by molar-refractivity contribution is -0.147. The molecule has 3 amide bonds. The smallest absolute Gasteiger partial charge is 0.237 e. The van der Waals surface area contributed by atoms with Crippen molar-refractivity contribution in [2.45, 2.75) is 39.5 Å². The number of hydrogen-bond donors (Lipinski definition) is 3. The summed E-state index contributed by atoms with van der Waals surface area (Å²) in [5.74, 6) is -1.68. The highest BCUT2D eigenvalue weighted by Crippen LogP contribution is 2.31. The molecule has 6 N–H and O–H groups in total. The molecule has 0 saturated heterocycles. The van der Waals surface area contributed by atoms with Crippen molar-refractivity contribution in [2.24, 2.45) is 22.6 Å². The Kier molecular flexibility index (Phi) is 7.83. The van der Waals surface area contributed by atoms with Gasteiger partial charge in [0.2, 0.25) is 17.7 Å². The van der Waals surface area contributed by atoms with Crippen molar-refractivity contribution in [1.29, 1.82) is 0 Å². The van der Waals surface area contributed by atoms with E-state index >= 15 is 0 Å². The first-order valence-corrected chi connectivity index (χ1v) is 6.89. The van der Waals surface area contributed by atoms with Crippen molar-refractivity contribution in [3.05, 3.63) is 0 Å². The van der Waals surface area contributed by atoms with Gasteiger partial charge in [-0.15, -0.1) is 0 Å². The monoisotopic (exact) mass is 286 g/mol. The van der Waals surface area contributed by atoms with Crippen LogP contribution in [-0.4, -0.2) is 42.3 Å². The summed E-state index contributed by atoms with van der Waals surface area (Å²) in [6.07, 6.45) is 2.77. The van der Waals surface area contributed by atoms with Gasteiger partial charge in [-0.3, -0.25) is 14.4 Å². The minimum atomic E-state index is -0.756. The lowest BCUT2D eigenvalue weighted by atomic mass is 9.78. The van der Waals surface area contributed by atoms with Crippen LogP contribution in [0.1, 0.15) is 39.5 Å². The highest BCUT2D eigenvalue weighted by atomic mass is 16.2. The zero-order valence-electron chi connectivity index (χ0n) is 12.4. The van der Waals surface area contributed by atoms with Crippen LogP contribution in [0.5, 0.6) is 0 Å². The first-order chi connectivity index (χ1) is 9.32. The summed E-state index contributed by atoms with van der Waals surface area (Å²) < 4.78 is 0. The van der Waals surface area contributed by atoms with E-state index < -0.39 is 17.2 Å². The molecule has 7 heteroatoms. The third kappa shape index (κ3) is 5.16. The average molecular weight is 286 g/mol. The van der Waals surface area contributed by atoms with E-state index in [1.807, 2.05) is 13.8 Å². The number of rotatable bonds is 10. The maximum Gasteiger partial charge on any atom is 0.237 e. The topological polar surface area (TPSA) is 133 Å². The first kappa shape index (κ1) is 18.4. The van der Waals surface area contributed by atoms with Gasteiger partial charge in [-0.25, -0.2) is 0 Å². The minimum absolute atomic E-state index is 0.168. The zero-order chi connectivity index (χ0) is 15.8. The number of hydrogen-bond acceptors (Lipinski definition) is 4. The predicted octanol–water partition coefficient (Wildman–Crippen LogP) is -0.669. The number of nitrogens with two attached hydrogens (primary N) is 3.